The number of carboxylic acids is 1. The van der Waals surface area contributed by atoms with Gasteiger partial charge in [-0.1, -0.05) is 24.3 Å². The number of halogens is 2. The Hall–Kier alpha value is -3.20. The van der Waals surface area contributed by atoms with Crippen molar-refractivity contribution in [1.82, 2.24) is 5.32 Å². The van der Waals surface area contributed by atoms with E-state index in [9.17, 15) is 19.1 Å². The van der Waals surface area contributed by atoms with E-state index in [1.165, 1.54) is 18.2 Å². The number of carboxylic acid groups (broad SMARTS) is 1. The second-order valence-electron chi connectivity index (χ2n) is 5.93. The van der Waals surface area contributed by atoms with Crippen LogP contribution in [-0.2, 0) is 4.79 Å². The maximum Gasteiger partial charge on any atom is 0.352 e. The van der Waals surface area contributed by atoms with Gasteiger partial charge in [-0.15, -0.1) is 0 Å². The summed E-state index contributed by atoms with van der Waals surface area (Å²) in [4.78, 5) is 23.7. The van der Waals surface area contributed by atoms with Crippen LogP contribution in [0, 0.1) is 9.39 Å². The summed E-state index contributed by atoms with van der Waals surface area (Å²) in [6, 6.07) is 19.1. The highest BCUT2D eigenvalue weighted by atomic mass is 127. The molecule has 3 rings (SSSR count). The van der Waals surface area contributed by atoms with E-state index in [4.69, 9.17) is 4.74 Å². The van der Waals surface area contributed by atoms with Gasteiger partial charge < -0.3 is 15.2 Å². The van der Waals surface area contributed by atoms with Gasteiger partial charge in [0, 0.05) is 5.56 Å². The fraction of sp³-hybridized carbons (Fsp3) is 0. The minimum atomic E-state index is -1.29. The smallest absolute Gasteiger partial charge is 0.352 e. The topological polar surface area (TPSA) is 75.6 Å². The van der Waals surface area contributed by atoms with Crippen LogP contribution in [0.2, 0.25) is 0 Å². The molecule has 146 valence electrons. The molecule has 0 aliphatic heterocycles. The molecule has 0 spiro atoms. The van der Waals surface area contributed by atoms with E-state index in [1.807, 2.05) is 24.3 Å². The molecule has 0 bridgehead atoms. The molecule has 0 saturated heterocycles. The third kappa shape index (κ3) is 5.64. The van der Waals surface area contributed by atoms with Crippen molar-refractivity contribution < 1.29 is 23.8 Å². The first kappa shape index (κ1) is 20.5. The van der Waals surface area contributed by atoms with E-state index in [0.717, 1.165) is 15.7 Å². The Balaban J connectivity index is 1.75. The number of carbonyl (C=O) groups is 2. The quantitative estimate of drug-likeness (QED) is 0.364. The summed E-state index contributed by atoms with van der Waals surface area (Å²) in [6.07, 6.45) is 1.33. The second kappa shape index (κ2) is 9.33. The summed E-state index contributed by atoms with van der Waals surface area (Å²) in [7, 11) is 0. The maximum absolute atomic E-state index is 13.0. The molecule has 3 aromatic rings. The van der Waals surface area contributed by atoms with Crippen molar-refractivity contribution in [2.45, 2.75) is 0 Å². The van der Waals surface area contributed by atoms with Gasteiger partial charge in [-0.2, -0.15) is 0 Å². The van der Waals surface area contributed by atoms with Crippen molar-refractivity contribution in [3.63, 3.8) is 0 Å². The van der Waals surface area contributed by atoms with Crippen molar-refractivity contribution >= 4 is 40.5 Å². The zero-order valence-electron chi connectivity index (χ0n) is 14.9. The van der Waals surface area contributed by atoms with Crippen LogP contribution in [0.15, 0.2) is 78.5 Å². The maximum atomic E-state index is 13.0. The summed E-state index contributed by atoms with van der Waals surface area (Å²) in [6.45, 7) is 0. The number of para-hydroxylation sites is 1. The third-order valence-corrected chi connectivity index (χ3v) is 4.73. The van der Waals surface area contributed by atoms with Crippen molar-refractivity contribution in [1.29, 1.82) is 0 Å². The number of hydrogen-bond acceptors (Lipinski definition) is 3. The van der Waals surface area contributed by atoms with Crippen LogP contribution in [0.1, 0.15) is 15.9 Å². The number of hydrogen-bond donors (Lipinski definition) is 2. The average molecular weight is 503 g/mol. The lowest BCUT2D eigenvalue weighted by Gasteiger charge is -2.08. The Bertz CT molecular complexity index is 1060. The number of aliphatic carboxylic acids is 1. The SMILES string of the molecule is O=C(O)/C(=C/c1ccc(Oc2ccccc2I)cc1)NC(=O)c1ccc(F)cc1. The fourth-order valence-electron chi connectivity index (χ4n) is 2.40. The van der Waals surface area contributed by atoms with Crippen molar-refractivity contribution in [2.75, 3.05) is 0 Å². The van der Waals surface area contributed by atoms with Gasteiger partial charge in [-0.25, -0.2) is 9.18 Å². The lowest BCUT2D eigenvalue weighted by molar-refractivity contribution is -0.132. The Morgan fingerprint density at radius 2 is 1.62 bits per heavy atom. The van der Waals surface area contributed by atoms with E-state index in [-0.39, 0.29) is 11.3 Å². The summed E-state index contributed by atoms with van der Waals surface area (Å²) in [5.41, 5.74) is 0.419. The zero-order chi connectivity index (χ0) is 20.8. The molecule has 2 N–H and O–H groups in total. The Labute approximate surface area is 180 Å². The number of benzene rings is 3. The molecule has 7 heteroatoms. The monoisotopic (exact) mass is 503 g/mol. The lowest BCUT2D eigenvalue weighted by Crippen LogP contribution is -2.27. The molecule has 0 saturated carbocycles. The molecule has 0 fully saturated rings. The molecule has 0 aromatic heterocycles. The number of rotatable bonds is 6. The first-order chi connectivity index (χ1) is 13.9. The minimum absolute atomic E-state index is 0.153. The molecular formula is C22H15FINO4. The van der Waals surface area contributed by atoms with Crippen LogP contribution in [0.4, 0.5) is 4.39 Å². The standard InChI is InChI=1S/C22H15FINO4/c23-16-9-7-15(8-10-16)21(26)25-19(22(27)28)13-14-5-11-17(12-6-14)29-20-4-2-1-3-18(20)24/h1-13H,(H,25,26)(H,27,28)/b19-13-. The first-order valence-corrected chi connectivity index (χ1v) is 9.54. The van der Waals surface area contributed by atoms with E-state index in [1.54, 1.807) is 24.3 Å². The molecule has 0 radical (unpaired) electrons. The van der Waals surface area contributed by atoms with E-state index >= 15 is 0 Å². The van der Waals surface area contributed by atoms with Gasteiger partial charge in [0.2, 0.25) is 0 Å². The zero-order valence-corrected chi connectivity index (χ0v) is 17.1. The number of ether oxygens (including phenoxy) is 1. The van der Waals surface area contributed by atoms with Crippen molar-refractivity contribution in [3.8, 4) is 11.5 Å². The molecule has 29 heavy (non-hydrogen) atoms. The van der Waals surface area contributed by atoms with Crippen LogP contribution in [0.3, 0.4) is 0 Å². The largest absolute Gasteiger partial charge is 0.477 e. The number of nitrogens with one attached hydrogen (secondary N) is 1. The highest BCUT2D eigenvalue weighted by Gasteiger charge is 2.13. The summed E-state index contributed by atoms with van der Waals surface area (Å²) in [5, 5.41) is 11.7. The van der Waals surface area contributed by atoms with Gasteiger partial charge in [0.05, 0.1) is 3.57 Å². The van der Waals surface area contributed by atoms with Gasteiger partial charge in [0.1, 0.15) is 23.0 Å². The van der Waals surface area contributed by atoms with Crippen LogP contribution >= 0.6 is 22.6 Å². The van der Waals surface area contributed by atoms with Crippen LogP contribution < -0.4 is 10.1 Å². The van der Waals surface area contributed by atoms with Gasteiger partial charge >= 0.3 is 5.97 Å². The molecule has 1 amide bonds. The number of amides is 1. The number of carbonyl (C=O) groups excluding carboxylic acids is 1. The Kier molecular flexibility index (Phi) is 6.61. The summed E-state index contributed by atoms with van der Waals surface area (Å²) in [5.74, 6) is -1.10. The first-order valence-electron chi connectivity index (χ1n) is 8.47. The van der Waals surface area contributed by atoms with Crippen LogP contribution in [0.25, 0.3) is 6.08 Å². The molecule has 0 aliphatic carbocycles. The van der Waals surface area contributed by atoms with Gasteiger partial charge in [-0.3, -0.25) is 4.79 Å². The van der Waals surface area contributed by atoms with Gasteiger partial charge in [0.25, 0.3) is 5.91 Å². The molecular weight excluding hydrogens is 488 g/mol. The predicted octanol–water partition coefficient (Wildman–Crippen LogP) is 5.08. The fourth-order valence-corrected chi connectivity index (χ4v) is 2.90. The highest BCUT2D eigenvalue weighted by molar-refractivity contribution is 14.1. The molecule has 0 heterocycles. The van der Waals surface area contributed by atoms with Crippen molar-refractivity contribution in [3.05, 3.63) is 99.0 Å². The molecule has 0 aliphatic rings. The molecule has 3 aromatic carbocycles. The minimum Gasteiger partial charge on any atom is -0.477 e. The van der Waals surface area contributed by atoms with E-state index in [0.29, 0.717) is 17.1 Å². The summed E-state index contributed by atoms with van der Waals surface area (Å²) < 4.78 is 19.7. The van der Waals surface area contributed by atoms with Gasteiger partial charge in [-0.05, 0) is 82.8 Å². The van der Waals surface area contributed by atoms with E-state index < -0.39 is 17.7 Å². The molecule has 0 unspecified atom stereocenters. The predicted molar refractivity (Wildman–Crippen MR) is 115 cm³/mol. The molecule has 5 nitrogen and oxygen atoms in total. The Morgan fingerprint density at radius 1 is 0.966 bits per heavy atom. The molecule has 0 atom stereocenters. The average Bonchev–Trinajstić information content (AvgIpc) is 2.71. The second-order valence-corrected chi connectivity index (χ2v) is 7.09. The van der Waals surface area contributed by atoms with Gasteiger partial charge in [0.15, 0.2) is 0 Å². The summed E-state index contributed by atoms with van der Waals surface area (Å²) >= 11 is 2.17. The Morgan fingerprint density at radius 3 is 2.24 bits per heavy atom. The lowest BCUT2D eigenvalue weighted by atomic mass is 10.1. The third-order valence-electron chi connectivity index (χ3n) is 3.84. The normalized spacial score (nSPS) is 11.0. The van der Waals surface area contributed by atoms with Crippen LogP contribution in [-0.4, -0.2) is 17.0 Å². The van der Waals surface area contributed by atoms with Crippen LogP contribution in [0.5, 0.6) is 11.5 Å². The van der Waals surface area contributed by atoms with E-state index in [2.05, 4.69) is 27.9 Å². The van der Waals surface area contributed by atoms with Crippen molar-refractivity contribution in [2.24, 2.45) is 0 Å². The highest BCUT2D eigenvalue weighted by Crippen LogP contribution is 2.26.